The normalized spacial score (nSPS) is 26.1. The van der Waals surface area contributed by atoms with Crippen LogP contribution in [-0.2, 0) is 13.9 Å². The Morgan fingerprint density at radius 2 is 1.87 bits per heavy atom. The summed E-state index contributed by atoms with van der Waals surface area (Å²) in [6.07, 6.45) is 0.187. The summed E-state index contributed by atoms with van der Waals surface area (Å²) in [7, 11) is 1.51. The van der Waals surface area contributed by atoms with Crippen molar-refractivity contribution in [2.75, 3.05) is 7.05 Å². The maximum absolute atomic E-state index is 11.9. The lowest BCUT2D eigenvalue weighted by Crippen LogP contribution is -2.31. The molecule has 0 spiro atoms. The summed E-state index contributed by atoms with van der Waals surface area (Å²) in [6.45, 7) is 0. The summed E-state index contributed by atoms with van der Waals surface area (Å²) in [5.74, 6) is -0.348. The van der Waals surface area contributed by atoms with E-state index in [0.717, 1.165) is 5.56 Å². The van der Waals surface area contributed by atoms with Gasteiger partial charge in [0.25, 0.3) is 5.91 Å². The number of carbonyl (C=O) groups is 2. The zero-order valence-electron chi connectivity index (χ0n) is 8.24. The van der Waals surface area contributed by atoms with Gasteiger partial charge in [0.05, 0.1) is 6.42 Å². The number of hydrogen-bond acceptors (Lipinski definition) is 2. The minimum absolute atomic E-state index is 0.152. The third-order valence-electron chi connectivity index (χ3n) is 2.64. The quantitative estimate of drug-likeness (QED) is 0.574. The number of imide groups is 1. The number of rotatable bonds is 1. The van der Waals surface area contributed by atoms with Gasteiger partial charge in [0.1, 0.15) is 4.32 Å². The Labute approximate surface area is 96.2 Å². The van der Waals surface area contributed by atoms with Crippen molar-refractivity contribution < 1.29 is 9.59 Å². The number of alkyl halides is 1. The maximum atomic E-state index is 11.9. The van der Waals surface area contributed by atoms with Crippen LogP contribution in [-0.4, -0.2) is 23.8 Å². The number of nitrogens with zero attached hydrogens (tertiary/aromatic N) is 1. The molecule has 1 atom stereocenters. The fourth-order valence-electron chi connectivity index (χ4n) is 1.71. The van der Waals surface area contributed by atoms with Gasteiger partial charge in [0, 0.05) is 7.05 Å². The fourth-order valence-corrected chi connectivity index (χ4v) is 2.48. The van der Waals surface area contributed by atoms with Gasteiger partial charge < -0.3 is 0 Å². The van der Waals surface area contributed by atoms with Gasteiger partial charge in [0.2, 0.25) is 5.91 Å². The Morgan fingerprint density at radius 1 is 1.27 bits per heavy atom. The summed E-state index contributed by atoms with van der Waals surface area (Å²) in [4.78, 5) is 24.5. The van der Waals surface area contributed by atoms with Gasteiger partial charge in [-0.2, -0.15) is 0 Å². The first-order valence-electron chi connectivity index (χ1n) is 4.61. The molecule has 1 aromatic rings. The van der Waals surface area contributed by atoms with E-state index in [-0.39, 0.29) is 18.2 Å². The van der Waals surface area contributed by atoms with Gasteiger partial charge >= 0.3 is 0 Å². The fraction of sp³-hybridized carbons (Fsp3) is 0.273. The number of halogens is 1. The molecule has 0 saturated carbocycles. The van der Waals surface area contributed by atoms with Crippen LogP contribution >= 0.6 is 15.9 Å². The zero-order chi connectivity index (χ0) is 11.1. The number of amides is 2. The number of carbonyl (C=O) groups excluding carboxylic acids is 2. The molecule has 2 amide bonds. The molecule has 2 rings (SSSR count). The second-order valence-corrected chi connectivity index (χ2v) is 4.96. The predicted octanol–water partition coefficient (Wildman–Crippen LogP) is 1.67. The van der Waals surface area contributed by atoms with Gasteiger partial charge in [0.15, 0.2) is 0 Å². The molecular weight excluding hydrogens is 258 g/mol. The molecule has 4 heteroatoms. The van der Waals surface area contributed by atoms with Gasteiger partial charge in [-0.15, -0.1) is 0 Å². The lowest BCUT2D eigenvalue weighted by Gasteiger charge is -2.18. The molecular formula is C11H10BrNO2. The standard InChI is InChI=1S/C11H10BrNO2/c1-13-9(14)7-11(12,10(13)15)8-5-3-2-4-6-8/h2-6H,7H2,1H3. The molecule has 1 aliphatic heterocycles. The lowest BCUT2D eigenvalue weighted by atomic mass is 9.97. The Kier molecular flexibility index (Phi) is 2.38. The summed E-state index contributed by atoms with van der Waals surface area (Å²) in [5, 5.41) is 0. The summed E-state index contributed by atoms with van der Waals surface area (Å²) in [5.41, 5.74) is 0.827. The Balaban J connectivity index is 2.45. The van der Waals surface area contributed by atoms with Crippen LogP contribution in [0, 0.1) is 0 Å². The first-order chi connectivity index (χ1) is 7.05. The van der Waals surface area contributed by atoms with E-state index >= 15 is 0 Å². The molecule has 1 fully saturated rings. The van der Waals surface area contributed by atoms with E-state index in [0.29, 0.717) is 0 Å². The van der Waals surface area contributed by atoms with Crippen molar-refractivity contribution >= 4 is 27.7 Å². The first kappa shape index (κ1) is 10.4. The Morgan fingerprint density at radius 3 is 2.33 bits per heavy atom. The van der Waals surface area contributed by atoms with E-state index in [9.17, 15) is 9.59 Å². The van der Waals surface area contributed by atoms with Crippen molar-refractivity contribution in [1.82, 2.24) is 4.90 Å². The van der Waals surface area contributed by atoms with Gasteiger partial charge in [-0.05, 0) is 5.56 Å². The van der Waals surface area contributed by atoms with Crippen LogP contribution in [0.3, 0.4) is 0 Å². The first-order valence-corrected chi connectivity index (χ1v) is 5.40. The van der Waals surface area contributed by atoms with Gasteiger partial charge in [-0.3, -0.25) is 14.5 Å². The van der Waals surface area contributed by atoms with E-state index in [1.807, 2.05) is 30.3 Å². The smallest absolute Gasteiger partial charge is 0.250 e. The van der Waals surface area contributed by atoms with Crippen molar-refractivity contribution in [1.29, 1.82) is 0 Å². The average molecular weight is 268 g/mol. The summed E-state index contributed by atoms with van der Waals surface area (Å²) < 4.78 is -0.861. The second-order valence-electron chi connectivity index (χ2n) is 3.60. The molecule has 1 aromatic carbocycles. The highest BCUT2D eigenvalue weighted by molar-refractivity contribution is 9.10. The monoisotopic (exact) mass is 267 g/mol. The molecule has 78 valence electrons. The number of hydrogen-bond donors (Lipinski definition) is 0. The predicted molar refractivity (Wildman–Crippen MR) is 59.4 cm³/mol. The number of likely N-dealkylation sites (N-methyl/N-ethyl adjacent to an activating group) is 1. The molecule has 3 nitrogen and oxygen atoms in total. The summed E-state index contributed by atoms with van der Waals surface area (Å²) >= 11 is 3.39. The molecule has 1 unspecified atom stereocenters. The molecule has 0 radical (unpaired) electrons. The third-order valence-corrected chi connectivity index (χ3v) is 3.72. The molecule has 0 N–H and O–H groups in total. The van der Waals surface area contributed by atoms with Crippen molar-refractivity contribution in [2.45, 2.75) is 10.7 Å². The molecule has 0 aromatic heterocycles. The minimum Gasteiger partial charge on any atom is -0.284 e. The molecule has 0 bridgehead atoms. The van der Waals surface area contributed by atoms with E-state index in [4.69, 9.17) is 0 Å². The zero-order valence-corrected chi connectivity index (χ0v) is 9.82. The van der Waals surface area contributed by atoms with E-state index < -0.39 is 4.32 Å². The molecule has 1 heterocycles. The lowest BCUT2D eigenvalue weighted by molar-refractivity contribution is -0.137. The summed E-state index contributed by atoms with van der Waals surface area (Å²) in [6, 6.07) is 9.28. The van der Waals surface area contributed by atoms with Crippen LogP contribution in [0.25, 0.3) is 0 Å². The van der Waals surface area contributed by atoms with E-state index in [2.05, 4.69) is 15.9 Å². The Bertz CT molecular complexity index is 418. The van der Waals surface area contributed by atoms with Crippen LogP contribution in [0.15, 0.2) is 30.3 Å². The van der Waals surface area contributed by atoms with Crippen molar-refractivity contribution in [3.8, 4) is 0 Å². The van der Waals surface area contributed by atoms with Crippen molar-refractivity contribution in [3.63, 3.8) is 0 Å². The topological polar surface area (TPSA) is 37.4 Å². The highest BCUT2D eigenvalue weighted by Gasteiger charge is 2.49. The van der Waals surface area contributed by atoms with Crippen LogP contribution in [0.1, 0.15) is 12.0 Å². The third kappa shape index (κ3) is 1.49. The van der Waals surface area contributed by atoms with Crippen LogP contribution in [0.4, 0.5) is 0 Å². The van der Waals surface area contributed by atoms with Crippen molar-refractivity contribution in [3.05, 3.63) is 35.9 Å². The maximum Gasteiger partial charge on any atom is 0.250 e. The van der Waals surface area contributed by atoms with E-state index in [1.165, 1.54) is 11.9 Å². The average Bonchev–Trinajstić information content (AvgIpc) is 2.45. The largest absolute Gasteiger partial charge is 0.284 e. The highest BCUT2D eigenvalue weighted by atomic mass is 79.9. The minimum atomic E-state index is -0.861. The number of benzene rings is 1. The second kappa shape index (κ2) is 3.45. The molecule has 15 heavy (non-hydrogen) atoms. The van der Waals surface area contributed by atoms with Crippen molar-refractivity contribution in [2.24, 2.45) is 0 Å². The van der Waals surface area contributed by atoms with Gasteiger partial charge in [-0.1, -0.05) is 46.3 Å². The SMILES string of the molecule is CN1C(=O)CC(Br)(c2ccccc2)C1=O. The number of likely N-dealkylation sites (tertiary alicyclic amines) is 1. The van der Waals surface area contributed by atoms with Crippen LogP contribution < -0.4 is 0 Å². The molecule has 0 aliphatic carbocycles. The van der Waals surface area contributed by atoms with Gasteiger partial charge in [-0.25, -0.2) is 0 Å². The highest BCUT2D eigenvalue weighted by Crippen LogP contribution is 2.41. The molecule has 1 aliphatic rings. The van der Waals surface area contributed by atoms with E-state index in [1.54, 1.807) is 0 Å². The Hall–Kier alpha value is -1.16. The van der Waals surface area contributed by atoms with Crippen LogP contribution in [0.5, 0.6) is 0 Å². The molecule has 1 saturated heterocycles. The van der Waals surface area contributed by atoms with Crippen LogP contribution in [0.2, 0.25) is 0 Å².